The zero-order valence-electron chi connectivity index (χ0n) is 11.8. The minimum Gasteiger partial charge on any atom is -0.365 e. The van der Waals surface area contributed by atoms with Gasteiger partial charge in [-0.1, -0.05) is 43.3 Å². The first kappa shape index (κ1) is 14.3. The molecule has 0 aliphatic heterocycles. The van der Waals surface area contributed by atoms with E-state index in [0.717, 1.165) is 6.42 Å². The second kappa shape index (κ2) is 6.33. The molecule has 0 aromatic heterocycles. The summed E-state index contributed by atoms with van der Waals surface area (Å²) in [6.07, 6.45) is 0.948. The van der Waals surface area contributed by atoms with Crippen molar-refractivity contribution in [2.45, 2.75) is 13.3 Å². The highest BCUT2D eigenvalue weighted by Crippen LogP contribution is 2.17. The average Bonchev–Trinajstić information content (AvgIpc) is 2.47. The predicted octanol–water partition coefficient (Wildman–Crippen LogP) is 3.71. The molecule has 0 unspecified atom stereocenters. The fraction of sp³-hybridized carbons (Fsp3) is 0.235. The summed E-state index contributed by atoms with van der Waals surface area (Å²) in [6.45, 7) is 2.23. The van der Waals surface area contributed by atoms with E-state index in [1.807, 2.05) is 24.3 Å². The summed E-state index contributed by atoms with van der Waals surface area (Å²) < 4.78 is 13.6. The number of ketones is 1. The number of aryl methyl sites for hydroxylation is 1. The molecule has 104 valence electrons. The Balaban J connectivity index is 2.09. The smallest absolute Gasteiger partial charge is 0.182 e. The first-order valence-electron chi connectivity index (χ1n) is 6.69. The zero-order valence-corrected chi connectivity index (χ0v) is 11.8. The Kier molecular flexibility index (Phi) is 4.51. The number of anilines is 1. The van der Waals surface area contributed by atoms with Gasteiger partial charge in [-0.15, -0.1) is 0 Å². The Hall–Kier alpha value is -2.16. The van der Waals surface area contributed by atoms with Gasteiger partial charge in [-0.3, -0.25) is 4.79 Å². The van der Waals surface area contributed by atoms with Gasteiger partial charge in [0.25, 0.3) is 0 Å². The van der Waals surface area contributed by atoms with Crippen LogP contribution in [0.3, 0.4) is 0 Å². The second-order valence-electron chi connectivity index (χ2n) is 4.78. The largest absolute Gasteiger partial charge is 0.365 e. The number of rotatable bonds is 5. The molecule has 0 saturated heterocycles. The molecule has 0 spiro atoms. The lowest BCUT2D eigenvalue weighted by atomic mass is 10.1. The molecule has 0 bridgehead atoms. The molecule has 2 aromatic rings. The molecule has 0 saturated carbocycles. The van der Waals surface area contributed by atoms with E-state index >= 15 is 0 Å². The molecule has 0 N–H and O–H groups in total. The second-order valence-corrected chi connectivity index (χ2v) is 4.78. The highest BCUT2D eigenvalue weighted by atomic mass is 19.1. The van der Waals surface area contributed by atoms with E-state index in [-0.39, 0.29) is 18.1 Å². The van der Waals surface area contributed by atoms with Gasteiger partial charge < -0.3 is 4.90 Å². The third kappa shape index (κ3) is 3.23. The van der Waals surface area contributed by atoms with Crippen LogP contribution in [0.25, 0.3) is 0 Å². The van der Waals surface area contributed by atoms with Crippen LogP contribution < -0.4 is 4.90 Å². The summed E-state index contributed by atoms with van der Waals surface area (Å²) >= 11 is 0. The molecule has 2 rings (SSSR count). The van der Waals surface area contributed by atoms with Crippen molar-refractivity contribution in [2.24, 2.45) is 0 Å². The van der Waals surface area contributed by atoms with Gasteiger partial charge in [-0.25, -0.2) is 4.39 Å². The van der Waals surface area contributed by atoms with Crippen molar-refractivity contribution in [1.29, 1.82) is 0 Å². The SMILES string of the molecule is CCc1ccc(C(=O)CN(C)c2ccccc2F)cc1. The van der Waals surface area contributed by atoms with E-state index in [4.69, 9.17) is 0 Å². The van der Waals surface area contributed by atoms with Crippen molar-refractivity contribution in [2.75, 3.05) is 18.5 Å². The number of Topliss-reactive ketones (excluding diaryl/α,β-unsaturated/α-hetero) is 1. The van der Waals surface area contributed by atoms with Crippen molar-refractivity contribution in [3.8, 4) is 0 Å². The highest BCUT2D eigenvalue weighted by molar-refractivity contribution is 5.99. The Labute approximate surface area is 118 Å². The Bertz CT molecular complexity index is 592. The molecule has 2 aromatic carbocycles. The molecule has 0 aliphatic rings. The molecule has 0 heterocycles. The minimum atomic E-state index is -0.316. The van der Waals surface area contributed by atoms with E-state index in [1.165, 1.54) is 11.6 Å². The molecule has 0 radical (unpaired) electrons. The van der Waals surface area contributed by atoms with Gasteiger partial charge in [0, 0.05) is 12.6 Å². The van der Waals surface area contributed by atoms with Crippen molar-refractivity contribution in [1.82, 2.24) is 0 Å². The standard InChI is InChI=1S/C17H18FNO/c1-3-13-8-10-14(11-9-13)17(20)12-19(2)16-7-5-4-6-15(16)18/h4-11H,3,12H2,1-2H3. The zero-order chi connectivity index (χ0) is 14.5. The lowest BCUT2D eigenvalue weighted by molar-refractivity contribution is 0.100. The number of nitrogens with zero attached hydrogens (tertiary/aromatic N) is 1. The summed E-state index contributed by atoms with van der Waals surface area (Å²) in [7, 11) is 1.72. The molecule has 0 atom stereocenters. The normalized spacial score (nSPS) is 10.3. The van der Waals surface area contributed by atoms with Crippen LogP contribution in [-0.4, -0.2) is 19.4 Å². The lowest BCUT2D eigenvalue weighted by Gasteiger charge is -2.19. The van der Waals surface area contributed by atoms with E-state index in [2.05, 4.69) is 6.92 Å². The van der Waals surface area contributed by atoms with Crippen LogP contribution >= 0.6 is 0 Å². The Morgan fingerprint density at radius 2 is 1.75 bits per heavy atom. The number of hydrogen-bond acceptors (Lipinski definition) is 2. The van der Waals surface area contributed by atoms with Crippen molar-refractivity contribution in [3.63, 3.8) is 0 Å². The van der Waals surface area contributed by atoms with Crippen LogP contribution in [-0.2, 0) is 6.42 Å². The number of halogens is 1. The Morgan fingerprint density at radius 1 is 1.10 bits per heavy atom. The molecule has 2 nitrogen and oxygen atoms in total. The lowest BCUT2D eigenvalue weighted by Crippen LogP contribution is -2.26. The fourth-order valence-corrected chi connectivity index (χ4v) is 2.08. The predicted molar refractivity (Wildman–Crippen MR) is 79.8 cm³/mol. The van der Waals surface area contributed by atoms with Crippen LogP contribution in [0.2, 0.25) is 0 Å². The molecule has 0 aliphatic carbocycles. The van der Waals surface area contributed by atoms with Crippen LogP contribution in [0, 0.1) is 5.82 Å². The van der Waals surface area contributed by atoms with Crippen molar-refractivity contribution < 1.29 is 9.18 Å². The summed E-state index contributed by atoms with van der Waals surface area (Å²) in [5.74, 6) is -0.331. The number of hydrogen-bond donors (Lipinski definition) is 0. The Morgan fingerprint density at radius 3 is 2.35 bits per heavy atom. The third-order valence-corrected chi connectivity index (χ3v) is 3.33. The maximum Gasteiger partial charge on any atom is 0.182 e. The first-order chi connectivity index (χ1) is 9.61. The quantitative estimate of drug-likeness (QED) is 0.773. The van der Waals surface area contributed by atoms with Crippen molar-refractivity contribution in [3.05, 3.63) is 65.5 Å². The maximum absolute atomic E-state index is 13.6. The highest BCUT2D eigenvalue weighted by Gasteiger charge is 2.12. The van der Waals surface area contributed by atoms with Gasteiger partial charge in [0.1, 0.15) is 5.82 Å². The van der Waals surface area contributed by atoms with Gasteiger partial charge in [-0.2, -0.15) is 0 Å². The molecule has 0 fully saturated rings. The number of carbonyl (C=O) groups excluding carboxylic acids is 1. The monoisotopic (exact) mass is 271 g/mol. The van der Waals surface area contributed by atoms with Crippen LogP contribution in [0.15, 0.2) is 48.5 Å². The van der Waals surface area contributed by atoms with E-state index in [1.54, 1.807) is 30.1 Å². The van der Waals surface area contributed by atoms with Gasteiger partial charge >= 0.3 is 0 Å². The minimum absolute atomic E-state index is 0.0154. The number of benzene rings is 2. The van der Waals surface area contributed by atoms with Crippen LogP contribution in [0.4, 0.5) is 10.1 Å². The number of para-hydroxylation sites is 1. The summed E-state index contributed by atoms with van der Waals surface area (Å²) in [5, 5.41) is 0. The number of likely N-dealkylation sites (N-methyl/N-ethyl adjacent to an activating group) is 1. The van der Waals surface area contributed by atoms with Crippen LogP contribution in [0.1, 0.15) is 22.8 Å². The molecule has 0 amide bonds. The molecule has 3 heteroatoms. The fourth-order valence-electron chi connectivity index (χ4n) is 2.08. The van der Waals surface area contributed by atoms with Gasteiger partial charge in [-0.05, 0) is 24.1 Å². The van der Waals surface area contributed by atoms with Crippen molar-refractivity contribution >= 4 is 11.5 Å². The van der Waals surface area contributed by atoms with Crippen LogP contribution in [0.5, 0.6) is 0 Å². The first-order valence-corrected chi connectivity index (χ1v) is 6.69. The van der Waals surface area contributed by atoms with Gasteiger partial charge in [0.2, 0.25) is 0 Å². The summed E-state index contributed by atoms with van der Waals surface area (Å²) in [6, 6.07) is 14.0. The number of carbonyl (C=O) groups is 1. The maximum atomic E-state index is 13.6. The molecule has 20 heavy (non-hydrogen) atoms. The topological polar surface area (TPSA) is 20.3 Å². The molecular formula is C17H18FNO. The van der Waals surface area contributed by atoms with E-state index < -0.39 is 0 Å². The molecular weight excluding hydrogens is 253 g/mol. The van der Waals surface area contributed by atoms with Gasteiger partial charge in [0.05, 0.1) is 12.2 Å². The summed E-state index contributed by atoms with van der Waals surface area (Å²) in [4.78, 5) is 13.8. The third-order valence-electron chi connectivity index (χ3n) is 3.33. The van der Waals surface area contributed by atoms with E-state index in [0.29, 0.717) is 11.3 Å². The van der Waals surface area contributed by atoms with E-state index in [9.17, 15) is 9.18 Å². The average molecular weight is 271 g/mol. The van der Waals surface area contributed by atoms with Gasteiger partial charge in [0.15, 0.2) is 5.78 Å². The summed E-state index contributed by atoms with van der Waals surface area (Å²) in [5.41, 5.74) is 2.29.